The summed E-state index contributed by atoms with van der Waals surface area (Å²) in [5, 5.41) is 2.99. The molecule has 6 heteroatoms. The molecular weight excluding hydrogens is 328 g/mol. The van der Waals surface area contributed by atoms with E-state index in [4.69, 9.17) is 11.6 Å². The van der Waals surface area contributed by atoms with Gasteiger partial charge in [0.05, 0.1) is 11.7 Å². The van der Waals surface area contributed by atoms with Crippen LogP contribution >= 0.6 is 46.9 Å². The van der Waals surface area contributed by atoms with Crippen LogP contribution in [0, 0.1) is 0 Å². The highest BCUT2D eigenvalue weighted by atomic mass is 35.5. The van der Waals surface area contributed by atoms with Gasteiger partial charge < -0.3 is 0 Å². The summed E-state index contributed by atoms with van der Waals surface area (Å²) in [5.41, 5.74) is 0. The molecule has 0 fully saturated rings. The lowest BCUT2D eigenvalue weighted by atomic mass is 10.2. The molecule has 116 valence electrons. The first kappa shape index (κ1) is 18.6. The third-order valence-corrected chi connectivity index (χ3v) is 6.66. The molecule has 0 aliphatic carbocycles. The summed E-state index contributed by atoms with van der Waals surface area (Å²) in [4.78, 5) is 0. The van der Waals surface area contributed by atoms with Crippen molar-refractivity contribution in [2.24, 2.45) is 0 Å². The predicted octanol–water partition coefficient (Wildman–Crippen LogP) is 6.10. The van der Waals surface area contributed by atoms with Crippen molar-refractivity contribution in [1.29, 1.82) is 0 Å². The monoisotopic (exact) mass is 352 g/mol. The molecule has 0 radical (unpaired) electrons. The van der Waals surface area contributed by atoms with Crippen molar-refractivity contribution in [1.82, 2.24) is 8.75 Å². The van der Waals surface area contributed by atoms with Crippen LogP contribution in [-0.4, -0.2) is 25.6 Å². The van der Waals surface area contributed by atoms with Crippen molar-refractivity contribution in [3.05, 3.63) is 0 Å². The van der Waals surface area contributed by atoms with Crippen LogP contribution in [0.1, 0.15) is 58.8 Å². The Labute approximate surface area is 141 Å². The topological polar surface area (TPSA) is 25.8 Å². The first-order valence-electron chi connectivity index (χ1n) is 7.49. The van der Waals surface area contributed by atoms with Gasteiger partial charge in [-0.05, 0) is 31.4 Å². The van der Waals surface area contributed by atoms with Gasteiger partial charge >= 0.3 is 0 Å². The summed E-state index contributed by atoms with van der Waals surface area (Å²) in [5.74, 6) is 1.94. The molecule has 0 saturated heterocycles. The number of halogens is 1. The number of aromatic nitrogens is 2. The van der Waals surface area contributed by atoms with Crippen molar-refractivity contribution in [2.75, 3.05) is 11.6 Å². The Hall–Kier alpha value is 0.550. The summed E-state index contributed by atoms with van der Waals surface area (Å²) < 4.78 is 8.92. The van der Waals surface area contributed by atoms with Gasteiger partial charge in [-0.3, -0.25) is 0 Å². The SMILES string of the molecule is CCCC(CC)Sc1nsnc1SCCCCCCCl. The van der Waals surface area contributed by atoms with E-state index in [1.165, 1.54) is 50.3 Å². The average Bonchev–Trinajstić information content (AvgIpc) is 2.89. The highest BCUT2D eigenvalue weighted by molar-refractivity contribution is 8.02. The molecule has 0 aliphatic rings. The Morgan fingerprint density at radius 3 is 2.55 bits per heavy atom. The van der Waals surface area contributed by atoms with Gasteiger partial charge in [-0.15, -0.1) is 23.4 Å². The molecule has 1 unspecified atom stereocenters. The standard InChI is InChI=1S/C14H25ClN2S3/c1-3-9-12(4-2)19-14-13(16-20-17-14)18-11-8-6-5-7-10-15/h12H,3-11H2,1-2H3. The van der Waals surface area contributed by atoms with E-state index in [0.717, 1.165) is 28.1 Å². The van der Waals surface area contributed by atoms with E-state index in [9.17, 15) is 0 Å². The number of rotatable bonds is 12. The Bertz CT molecular complexity index is 347. The zero-order valence-corrected chi connectivity index (χ0v) is 15.6. The minimum absolute atomic E-state index is 0.687. The van der Waals surface area contributed by atoms with E-state index in [2.05, 4.69) is 22.6 Å². The van der Waals surface area contributed by atoms with Gasteiger partial charge in [-0.1, -0.05) is 44.9 Å². The summed E-state index contributed by atoms with van der Waals surface area (Å²) in [7, 11) is 0. The predicted molar refractivity (Wildman–Crippen MR) is 94.7 cm³/mol. The molecule has 1 rings (SSSR count). The lowest BCUT2D eigenvalue weighted by Gasteiger charge is -2.11. The number of nitrogens with zero attached hydrogens (tertiary/aromatic N) is 2. The van der Waals surface area contributed by atoms with Crippen molar-refractivity contribution < 1.29 is 0 Å². The Morgan fingerprint density at radius 1 is 1.10 bits per heavy atom. The maximum atomic E-state index is 5.68. The minimum atomic E-state index is 0.687. The van der Waals surface area contributed by atoms with Gasteiger partial charge in [0.25, 0.3) is 0 Å². The van der Waals surface area contributed by atoms with Crippen molar-refractivity contribution in [3.8, 4) is 0 Å². The van der Waals surface area contributed by atoms with Crippen LogP contribution in [0.25, 0.3) is 0 Å². The molecule has 0 saturated carbocycles. The van der Waals surface area contributed by atoms with Gasteiger partial charge in [-0.2, -0.15) is 8.75 Å². The lowest BCUT2D eigenvalue weighted by molar-refractivity contribution is 0.709. The van der Waals surface area contributed by atoms with E-state index in [-0.39, 0.29) is 0 Å². The first-order valence-corrected chi connectivity index (χ1v) is 10.6. The highest BCUT2D eigenvalue weighted by Gasteiger charge is 2.14. The third-order valence-electron chi connectivity index (χ3n) is 3.04. The van der Waals surface area contributed by atoms with Gasteiger partial charge in [0, 0.05) is 11.1 Å². The van der Waals surface area contributed by atoms with E-state index in [1.54, 1.807) is 0 Å². The molecule has 1 atom stereocenters. The number of hydrogen-bond donors (Lipinski definition) is 0. The molecule has 0 spiro atoms. The molecule has 0 aromatic carbocycles. The zero-order valence-electron chi connectivity index (χ0n) is 12.4. The average molecular weight is 353 g/mol. The van der Waals surface area contributed by atoms with E-state index < -0.39 is 0 Å². The van der Waals surface area contributed by atoms with Gasteiger partial charge in [0.1, 0.15) is 10.1 Å². The normalized spacial score (nSPS) is 12.8. The molecule has 1 aromatic heterocycles. The molecule has 0 amide bonds. The Morgan fingerprint density at radius 2 is 1.85 bits per heavy atom. The number of thioether (sulfide) groups is 2. The molecule has 20 heavy (non-hydrogen) atoms. The maximum absolute atomic E-state index is 5.68. The largest absolute Gasteiger partial charge is 0.165 e. The van der Waals surface area contributed by atoms with Crippen LogP contribution in [0.15, 0.2) is 10.1 Å². The van der Waals surface area contributed by atoms with Gasteiger partial charge in [0.15, 0.2) is 0 Å². The molecule has 2 nitrogen and oxygen atoms in total. The van der Waals surface area contributed by atoms with Crippen LogP contribution in [0.5, 0.6) is 0 Å². The van der Waals surface area contributed by atoms with E-state index >= 15 is 0 Å². The van der Waals surface area contributed by atoms with Crippen molar-refractivity contribution in [3.63, 3.8) is 0 Å². The fourth-order valence-corrected chi connectivity index (χ4v) is 5.14. The fourth-order valence-electron chi connectivity index (χ4n) is 1.88. The second-order valence-corrected chi connectivity index (χ2v) is 8.04. The Balaban J connectivity index is 2.30. The van der Waals surface area contributed by atoms with Gasteiger partial charge in [0.2, 0.25) is 0 Å². The second-order valence-electron chi connectivity index (χ2n) is 4.76. The lowest BCUT2D eigenvalue weighted by Crippen LogP contribution is -2.00. The van der Waals surface area contributed by atoms with Crippen LogP contribution in [-0.2, 0) is 0 Å². The van der Waals surface area contributed by atoms with Crippen molar-refractivity contribution >= 4 is 46.9 Å². The van der Waals surface area contributed by atoms with E-state index in [1.807, 2.05) is 23.5 Å². The number of alkyl halides is 1. The molecule has 1 heterocycles. The van der Waals surface area contributed by atoms with Crippen LogP contribution < -0.4 is 0 Å². The number of unbranched alkanes of at least 4 members (excludes halogenated alkanes) is 3. The molecule has 0 N–H and O–H groups in total. The quantitative estimate of drug-likeness (QED) is 0.258. The summed E-state index contributed by atoms with van der Waals surface area (Å²) in [6, 6.07) is 0. The smallest absolute Gasteiger partial charge is 0.144 e. The van der Waals surface area contributed by atoms with Gasteiger partial charge in [-0.25, -0.2) is 0 Å². The fraction of sp³-hybridized carbons (Fsp3) is 0.857. The van der Waals surface area contributed by atoms with Crippen LogP contribution in [0.4, 0.5) is 0 Å². The molecular formula is C14H25ClN2S3. The summed E-state index contributed by atoms with van der Waals surface area (Å²) in [6.45, 7) is 4.51. The highest BCUT2D eigenvalue weighted by Crippen LogP contribution is 2.34. The Kier molecular flexibility index (Phi) is 11.3. The molecule has 1 aromatic rings. The first-order chi connectivity index (χ1) is 9.81. The molecule has 0 bridgehead atoms. The van der Waals surface area contributed by atoms with Crippen LogP contribution in [0.2, 0.25) is 0 Å². The second kappa shape index (κ2) is 12.1. The van der Waals surface area contributed by atoms with E-state index in [0.29, 0.717) is 5.25 Å². The maximum Gasteiger partial charge on any atom is 0.144 e. The van der Waals surface area contributed by atoms with Crippen LogP contribution in [0.3, 0.4) is 0 Å². The third kappa shape index (κ3) is 7.53. The molecule has 0 aliphatic heterocycles. The summed E-state index contributed by atoms with van der Waals surface area (Å²) in [6.07, 6.45) is 8.62. The van der Waals surface area contributed by atoms with Crippen molar-refractivity contribution in [2.45, 2.75) is 74.1 Å². The summed E-state index contributed by atoms with van der Waals surface area (Å²) >= 11 is 10.8. The zero-order chi connectivity index (χ0) is 14.6. The minimum Gasteiger partial charge on any atom is -0.165 e. The number of hydrogen-bond acceptors (Lipinski definition) is 5.